The van der Waals surface area contributed by atoms with Crippen LogP contribution in [-0.2, 0) is 3.79 Å². The third-order valence-electron chi connectivity index (χ3n) is 1.93. The molecule has 0 saturated carbocycles. The second-order valence-corrected chi connectivity index (χ2v) is 4.71. The topological polar surface area (TPSA) is 12.5 Å². The Morgan fingerprint density at radius 3 is 2.31 bits per heavy atom. The molecule has 0 amide bonds. The van der Waals surface area contributed by atoms with E-state index in [0.717, 1.165) is 6.61 Å². The molecular formula is C10H16AlNO. The second-order valence-electron chi connectivity index (χ2n) is 3.20. The van der Waals surface area contributed by atoms with Crippen LogP contribution in [0.3, 0.4) is 0 Å². The predicted molar refractivity (Wildman–Crippen MR) is 59.2 cm³/mol. The first-order chi connectivity index (χ1) is 6.24. The van der Waals surface area contributed by atoms with Gasteiger partial charge in [-0.25, -0.2) is 0 Å². The van der Waals surface area contributed by atoms with Crippen molar-refractivity contribution in [3.63, 3.8) is 0 Å². The molecule has 0 saturated heterocycles. The molecule has 1 aromatic carbocycles. The van der Waals surface area contributed by atoms with Crippen molar-refractivity contribution in [2.45, 2.75) is 6.92 Å². The normalized spacial score (nSPS) is 9.77. The van der Waals surface area contributed by atoms with Crippen molar-refractivity contribution in [3.05, 3.63) is 24.3 Å². The molecule has 0 heterocycles. The van der Waals surface area contributed by atoms with Gasteiger partial charge < -0.3 is 8.69 Å². The van der Waals surface area contributed by atoms with Crippen molar-refractivity contribution in [1.82, 2.24) is 0 Å². The van der Waals surface area contributed by atoms with Gasteiger partial charge in [0.05, 0.1) is 0 Å². The van der Waals surface area contributed by atoms with E-state index in [1.807, 2.05) is 6.92 Å². The Morgan fingerprint density at radius 1 is 1.23 bits per heavy atom. The maximum absolute atomic E-state index is 5.45. The first-order valence-corrected chi connectivity index (χ1v) is 5.86. The Morgan fingerprint density at radius 2 is 1.85 bits per heavy atom. The molecule has 13 heavy (non-hydrogen) atoms. The van der Waals surface area contributed by atoms with Crippen molar-refractivity contribution in [1.29, 1.82) is 0 Å². The van der Waals surface area contributed by atoms with E-state index in [-0.39, 0.29) is 0 Å². The third-order valence-corrected chi connectivity index (χ3v) is 3.34. The predicted octanol–water partition coefficient (Wildman–Crippen LogP) is 0.766. The summed E-state index contributed by atoms with van der Waals surface area (Å²) < 4.78 is 6.81. The van der Waals surface area contributed by atoms with Crippen molar-refractivity contribution >= 4 is 25.7 Å². The summed E-state index contributed by atoms with van der Waals surface area (Å²) in [5.74, 6) is 0. The van der Waals surface area contributed by atoms with Gasteiger partial charge in [0.2, 0.25) is 0 Å². The fourth-order valence-electron chi connectivity index (χ4n) is 1.11. The Labute approximate surface area is 86.6 Å². The lowest BCUT2D eigenvalue weighted by atomic mass is 10.3. The van der Waals surface area contributed by atoms with Crippen LogP contribution in [-0.4, -0.2) is 36.3 Å². The van der Waals surface area contributed by atoms with Crippen LogP contribution < -0.4 is 9.33 Å². The third kappa shape index (κ3) is 3.40. The number of nitrogens with zero attached hydrogens (tertiary/aromatic N) is 1. The van der Waals surface area contributed by atoms with Gasteiger partial charge in [-0.15, -0.1) is 0 Å². The van der Waals surface area contributed by atoms with Crippen molar-refractivity contribution in [2.75, 3.05) is 25.6 Å². The van der Waals surface area contributed by atoms with Crippen molar-refractivity contribution in [2.24, 2.45) is 0 Å². The van der Waals surface area contributed by atoms with E-state index in [0.29, 0.717) is 0 Å². The summed E-state index contributed by atoms with van der Waals surface area (Å²) in [5, 5.41) is 0. The van der Waals surface area contributed by atoms with E-state index >= 15 is 0 Å². The molecule has 0 N–H and O–H groups in total. The fourth-order valence-corrected chi connectivity index (χ4v) is 1.98. The molecule has 0 spiro atoms. The number of anilines is 1. The maximum atomic E-state index is 5.45. The Kier molecular flexibility index (Phi) is 4.31. The highest BCUT2D eigenvalue weighted by atomic mass is 27.1. The highest BCUT2D eigenvalue weighted by Crippen LogP contribution is 2.06. The number of hydrogen-bond acceptors (Lipinski definition) is 2. The van der Waals surface area contributed by atoms with Gasteiger partial charge in [-0.2, -0.15) is 0 Å². The minimum absolute atomic E-state index is 0.471. The molecule has 1 aromatic rings. The molecule has 0 aliphatic carbocycles. The Hall–Kier alpha value is -0.488. The van der Waals surface area contributed by atoms with E-state index in [1.54, 1.807) is 0 Å². The zero-order valence-electron chi connectivity index (χ0n) is 8.58. The molecule has 0 unspecified atom stereocenters. The molecule has 3 heteroatoms. The average molecular weight is 193 g/mol. The minimum atomic E-state index is -0.471. The van der Waals surface area contributed by atoms with Crippen LogP contribution in [0.25, 0.3) is 0 Å². The molecule has 1 rings (SSSR count). The molecule has 2 nitrogen and oxygen atoms in total. The van der Waals surface area contributed by atoms with Gasteiger partial charge >= 0.3 is 15.6 Å². The maximum Gasteiger partial charge on any atom is 0.477 e. The molecule has 70 valence electrons. The number of hydrogen-bond donors (Lipinski definition) is 0. The molecular weight excluding hydrogens is 177 g/mol. The average Bonchev–Trinajstić information content (AvgIpc) is 2.15. The van der Waals surface area contributed by atoms with Crippen LogP contribution in [0.4, 0.5) is 5.69 Å². The van der Waals surface area contributed by atoms with Crippen LogP contribution in [0, 0.1) is 0 Å². The van der Waals surface area contributed by atoms with E-state index in [2.05, 4.69) is 43.3 Å². The number of benzene rings is 1. The van der Waals surface area contributed by atoms with Gasteiger partial charge in [0.15, 0.2) is 0 Å². The molecule has 0 bridgehead atoms. The summed E-state index contributed by atoms with van der Waals surface area (Å²) >= 11 is -0.471. The van der Waals surface area contributed by atoms with Crippen LogP contribution in [0.1, 0.15) is 6.92 Å². The lowest BCUT2D eigenvalue weighted by molar-refractivity contribution is 0.367. The lowest BCUT2D eigenvalue weighted by Gasteiger charge is -2.12. The zero-order valence-corrected chi connectivity index (χ0v) is 9.99. The Balaban J connectivity index is 2.59. The highest BCUT2D eigenvalue weighted by Gasteiger charge is 1.99. The van der Waals surface area contributed by atoms with E-state index in [9.17, 15) is 0 Å². The summed E-state index contributed by atoms with van der Waals surface area (Å²) in [4.78, 5) is 2.10. The molecule has 0 atom stereocenters. The fraction of sp³-hybridized carbons (Fsp3) is 0.400. The van der Waals surface area contributed by atoms with Gasteiger partial charge in [-0.3, -0.25) is 0 Å². The quantitative estimate of drug-likeness (QED) is 0.655. The van der Waals surface area contributed by atoms with Crippen LogP contribution in [0.15, 0.2) is 24.3 Å². The second kappa shape index (κ2) is 5.29. The summed E-state index contributed by atoms with van der Waals surface area (Å²) in [7, 11) is 4.10. The summed E-state index contributed by atoms with van der Waals surface area (Å²) in [6.45, 7) is 2.88. The van der Waals surface area contributed by atoms with Crippen molar-refractivity contribution in [3.8, 4) is 0 Å². The molecule has 0 aromatic heterocycles. The highest BCUT2D eigenvalue weighted by molar-refractivity contribution is 6.46. The van der Waals surface area contributed by atoms with Gasteiger partial charge in [-0.05, 0) is 19.1 Å². The Bertz CT molecular complexity index is 246. The molecule has 0 aliphatic heterocycles. The largest absolute Gasteiger partial charge is 0.500 e. The summed E-state index contributed by atoms with van der Waals surface area (Å²) in [6, 6.07) is 8.61. The zero-order chi connectivity index (χ0) is 9.68. The molecule has 0 aliphatic rings. The molecule has 0 fully saturated rings. The van der Waals surface area contributed by atoms with Gasteiger partial charge in [0.1, 0.15) is 0 Å². The lowest BCUT2D eigenvalue weighted by Crippen LogP contribution is -2.18. The van der Waals surface area contributed by atoms with Crippen LogP contribution >= 0.6 is 0 Å². The van der Waals surface area contributed by atoms with Crippen LogP contribution in [0.2, 0.25) is 0 Å². The van der Waals surface area contributed by atoms with E-state index in [4.69, 9.17) is 3.79 Å². The van der Waals surface area contributed by atoms with E-state index < -0.39 is 15.6 Å². The summed E-state index contributed by atoms with van der Waals surface area (Å²) in [6.07, 6.45) is 0. The van der Waals surface area contributed by atoms with Gasteiger partial charge in [0, 0.05) is 26.4 Å². The van der Waals surface area contributed by atoms with Gasteiger partial charge in [-0.1, -0.05) is 16.6 Å². The van der Waals surface area contributed by atoms with E-state index in [1.165, 1.54) is 10.1 Å². The monoisotopic (exact) mass is 193 g/mol. The van der Waals surface area contributed by atoms with Crippen molar-refractivity contribution < 1.29 is 3.79 Å². The number of rotatable bonds is 4. The first kappa shape index (κ1) is 10.6. The van der Waals surface area contributed by atoms with Gasteiger partial charge in [0.25, 0.3) is 0 Å². The smallest absolute Gasteiger partial charge is 0.477 e. The molecule has 0 radical (unpaired) electrons. The standard InChI is InChI=1S/C8H10N.C2H5O.Al.H/c1-9(2)8-6-4-3-5-7-8;1-2-3;;/h4-7H,1-2H3;2H2,1H3;;/q;-1;+1;. The minimum Gasteiger partial charge on any atom is -0.500 e. The van der Waals surface area contributed by atoms with Crippen LogP contribution in [0.5, 0.6) is 0 Å². The first-order valence-electron chi connectivity index (χ1n) is 4.58. The summed E-state index contributed by atoms with van der Waals surface area (Å²) in [5.41, 5.74) is 1.24. The SMILES string of the molecule is CC[O][AlH][c]1ccc(N(C)C)cc1.